The molecule has 1 aliphatic heterocycles. The van der Waals surface area contributed by atoms with Gasteiger partial charge in [-0.25, -0.2) is 9.97 Å². The molecule has 0 aliphatic carbocycles. The van der Waals surface area contributed by atoms with Crippen LogP contribution in [0.15, 0.2) is 48.5 Å². The number of nitrogens with zero attached hydrogens (tertiary/aromatic N) is 3. The molecule has 0 radical (unpaired) electrons. The fraction of sp³-hybridized carbons (Fsp3) is 0.238. The number of aryl methyl sites for hydroxylation is 3. The minimum atomic E-state index is 0.772. The summed E-state index contributed by atoms with van der Waals surface area (Å²) < 4.78 is 0. The van der Waals surface area contributed by atoms with Crippen molar-refractivity contribution in [1.29, 1.82) is 0 Å². The van der Waals surface area contributed by atoms with Crippen LogP contribution in [0.25, 0.3) is 0 Å². The molecule has 0 unspecified atom stereocenters. The lowest BCUT2D eigenvalue weighted by Crippen LogP contribution is -2.16. The minimum absolute atomic E-state index is 0.772. The molecule has 25 heavy (non-hydrogen) atoms. The van der Waals surface area contributed by atoms with E-state index < -0.39 is 0 Å². The first-order valence-corrected chi connectivity index (χ1v) is 8.65. The molecule has 4 rings (SSSR count). The Morgan fingerprint density at radius 1 is 0.960 bits per heavy atom. The second-order valence-corrected chi connectivity index (χ2v) is 6.63. The van der Waals surface area contributed by atoms with E-state index in [0.29, 0.717) is 0 Å². The molecule has 0 saturated carbocycles. The van der Waals surface area contributed by atoms with Crippen molar-refractivity contribution in [1.82, 2.24) is 9.97 Å². The van der Waals surface area contributed by atoms with Crippen LogP contribution in [-0.2, 0) is 6.42 Å². The fourth-order valence-corrected chi connectivity index (χ4v) is 3.42. The van der Waals surface area contributed by atoms with Crippen LogP contribution in [0.3, 0.4) is 0 Å². The van der Waals surface area contributed by atoms with Crippen LogP contribution < -0.4 is 10.2 Å². The Balaban J connectivity index is 1.68. The predicted octanol–water partition coefficient (Wildman–Crippen LogP) is 4.84. The van der Waals surface area contributed by atoms with Gasteiger partial charge in [0.2, 0.25) is 0 Å². The van der Waals surface area contributed by atoms with E-state index >= 15 is 0 Å². The number of nitrogens with one attached hydrogen (secondary N) is 1. The third-order valence-corrected chi connectivity index (χ3v) is 4.63. The van der Waals surface area contributed by atoms with Crippen LogP contribution in [-0.4, -0.2) is 16.5 Å². The van der Waals surface area contributed by atoms with Gasteiger partial charge in [0, 0.05) is 24.0 Å². The zero-order valence-corrected chi connectivity index (χ0v) is 14.9. The molecule has 1 aliphatic rings. The van der Waals surface area contributed by atoms with Gasteiger partial charge in [-0.05, 0) is 50.5 Å². The van der Waals surface area contributed by atoms with Gasteiger partial charge in [-0.2, -0.15) is 0 Å². The van der Waals surface area contributed by atoms with Crippen molar-refractivity contribution in [2.45, 2.75) is 27.2 Å². The molecular formula is C21H22N4. The molecule has 126 valence electrons. The first kappa shape index (κ1) is 15.6. The van der Waals surface area contributed by atoms with Crippen molar-refractivity contribution in [3.63, 3.8) is 0 Å². The quantitative estimate of drug-likeness (QED) is 0.746. The normalized spacial score (nSPS) is 13.0. The van der Waals surface area contributed by atoms with Crippen molar-refractivity contribution < 1.29 is 0 Å². The molecule has 0 fully saturated rings. The summed E-state index contributed by atoms with van der Waals surface area (Å²) in [6, 6.07) is 17.0. The number of hydrogen-bond acceptors (Lipinski definition) is 4. The average Bonchev–Trinajstić information content (AvgIpc) is 3.01. The maximum Gasteiger partial charge on any atom is 0.138 e. The van der Waals surface area contributed by atoms with Gasteiger partial charge >= 0.3 is 0 Å². The second-order valence-electron chi connectivity index (χ2n) is 6.63. The van der Waals surface area contributed by atoms with Crippen LogP contribution in [0, 0.1) is 20.8 Å². The molecule has 4 nitrogen and oxygen atoms in total. The lowest BCUT2D eigenvalue weighted by molar-refractivity contribution is 0.946. The maximum absolute atomic E-state index is 4.67. The summed E-state index contributed by atoms with van der Waals surface area (Å²) in [5.74, 6) is 2.55. The van der Waals surface area contributed by atoms with Gasteiger partial charge in [0.05, 0.1) is 0 Å². The van der Waals surface area contributed by atoms with E-state index in [0.717, 1.165) is 36.1 Å². The van der Waals surface area contributed by atoms with E-state index in [-0.39, 0.29) is 0 Å². The molecule has 0 spiro atoms. The Hall–Kier alpha value is -2.88. The Kier molecular flexibility index (Phi) is 3.88. The molecule has 1 aromatic heterocycles. The minimum Gasteiger partial charge on any atom is -0.340 e. The predicted molar refractivity (Wildman–Crippen MR) is 103 cm³/mol. The number of hydrogen-bond donors (Lipinski definition) is 1. The highest BCUT2D eigenvalue weighted by Crippen LogP contribution is 2.34. The van der Waals surface area contributed by atoms with Crippen LogP contribution in [0.5, 0.6) is 0 Å². The van der Waals surface area contributed by atoms with E-state index in [4.69, 9.17) is 0 Å². The van der Waals surface area contributed by atoms with Gasteiger partial charge in [-0.3, -0.25) is 0 Å². The van der Waals surface area contributed by atoms with Crippen molar-refractivity contribution in [2.75, 3.05) is 16.8 Å². The van der Waals surface area contributed by atoms with E-state index in [2.05, 4.69) is 76.5 Å². The SMILES string of the molecule is Cc1ccc(Nc2cc(N3CCc4ccccc43)nc(C)n2)c(C)c1. The largest absolute Gasteiger partial charge is 0.340 e. The molecule has 0 amide bonds. The summed E-state index contributed by atoms with van der Waals surface area (Å²) in [5, 5.41) is 3.45. The molecule has 0 bridgehead atoms. The van der Waals surface area contributed by atoms with Crippen LogP contribution >= 0.6 is 0 Å². The number of anilines is 4. The van der Waals surface area contributed by atoms with Gasteiger partial charge < -0.3 is 10.2 Å². The Bertz CT molecular complexity index is 933. The Morgan fingerprint density at radius 2 is 1.80 bits per heavy atom. The Morgan fingerprint density at radius 3 is 2.64 bits per heavy atom. The van der Waals surface area contributed by atoms with Crippen molar-refractivity contribution >= 4 is 23.0 Å². The van der Waals surface area contributed by atoms with Crippen molar-refractivity contribution in [3.8, 4) is 0 Å². The molecule has 2 heterocycles. The van der Waals surface area contributed by atoms with E-state index in [9.17, 15) is 0 Å². The number of rotatable bonds is 3. The highest BCUT2D eigenvalue weighted by Gasteiger charge is 2.21. The third-order valence-electron chi connectivity index (χ3n) is 4.63. The molecular weight excluding hydrogens is 308 g/mol. The monoisotopic (exact) mass is 330 g/mol. The zero-order chi connectivity index (χ0) is 17.4. The number of para-hydroxylation sites is 1. The highest BCUT2D eigenvalue weighted by molar-refractivity contribution is 5.70. The van der Waals surface area contributed by atoms with Gasteiger partial charge in [0.15, 0.2) is 0 Å². The molecule has 1 N–H and O–H groups in total. The first-order valence-electron chi connectivity index (χ1n) is 8.65. The van der Waals surface area contributed by atoms with Crippen LogP contribution in [0.1, 0.15) is 22.5 Å². The second kappa shape index (κ2) is 6.20. The first-order chi connectivity index (χ1) is 12.1. The summed E-state index contributed by atoms with van der Waals surface area (Å²) in [6.45, 7) is 7.12. The van der Waals surface area contributed by atoms with Gasteiger partial charge in [-0.15, -0.1) is 0 Å². The summed E-state index contributed by atoms with van der Waals surface area (Å²) in [7, 11) is 0. The lowest BCUT2D eigenvalue weighted by atomic mass is 10.1. The van der Waals surface area contributed by atoms with Crippen LogP contribution in [0.2, 0.25) is 0 Å². The third kappa shape index (κ3) is 3.07. The number of fused-ring (bicyclic) bond motifs is 1. The standard InChI is InChI=1S/C21H22N4/c1-14-8-9-18(15(2)12-14)24-20-13-21(23-16(3)22-20)25-11-10-17-6-4-5-7-19(17)25/h4-9,12-13H,10-11H2,1-3H3,(H,22,23,24). The Labute approximate surface area is 148 Å². The molecule has 3 aromatic rings. The van der Waals surface area contributed by atoms with Gasteiger partial charge in [-0.1, -0.05) is 35.9 Å². The summed E-state index contributed by atoms with van der Waals surface area (Å²) in [5.41, 5.74) is 6.18. The van der Waals surface area contributed by atoms with Gasteiger partial charge in [0.1, 0.15) is 17.5 Å². The van der Waals surface area contributed by atoms with E-state index in [1.165, 1.54) is 22.4 Å². The smallest absolute Gasteiger partial charge is 0.138 e. The number of aromatic nitrogens is 2. The average molecular weight is 330 g/mol. The molecule has 2 aromatic carbocycles. The van der Waals surface area contributed by atoms with E-state index in [1.54, 1.807) is 0 Å². The fourth-order valence-electron chi connectivity index (χ4n) is 3.42. The van der Waals surface area contributed by atoms with Crippen LogP contribution in [0.4, 0.5) is 23.0 Å². The molecule has 0 saturated heterocycles. The van der Waals surface area contributed by atoms with Crippen molar-refractivity contribution in [2.24, 2.45) is 0 Å². The van der Waals surface area contributed by atoms with Crippen molar-refractivity contribution in [3.05, 3.63) is 71.0 Å². The zero-order valence-electron chi connectivity index (χ0n) is 14.9. The summed E-state index contributed by atoms with van der Waals surface area (Å²) in [6.07, 6.45) is 1.05. The van der Waals surface area contributed by atoms with Gasteiger partial charge in [0.25, 0.3) is 0 Å². The topological polar surface area (TPSA) is 41.0 Å². The molecule has 4 heteroatoms. The summed E-state index contributed by atoms with van der Waals surface area (Å²) >= 11 is 0. The number of benzene rings is 2. The molecule has 0 atom stereocenters. The maximum atomic E-state index is 4.67. The van der Waals surface area contributed by atoms with E-state index in [1.807, 2.05) is 13.0 Å². The highest BCUT2D eigenvalue weighted by atomic mass is 15.2. The lowest BCUT2D eigenvalue weighted by Gasteiger charge is -2.20. The summed E-state index contributed by atoms with van der Waals surface area (Å²) in [4.78, 5) is 11.5.